The first kappa shape index (κ1) is 72.6. The number of carbonyl (C=O) groups excluding carboxylic acids is 3. The molecule has 0 aromatic rings. The molecule has 0 radical (unpaired) electrons. The highest BCUT2D eigenvalue weighted by atomic mass is 16.6. The molecule has 0 heterocycles. The van der Waals surface area contributed by atoms with Gasteiger partial charge in [0.05, 0.1) is 0 Å². The number of hydrogen-bond donors (Lipinski definition) is 0. The Labute approximate surface area is 471 Å². The molecule has 0 spiro atoms. The van der Waals surface area contributed by atoms with Crippen LogP contribution in [0.15, 0.2) is 85.1 Å². The largest absolute Gasteiger partial charge is 0.462 e. The molecule has 1 unspecified atom stereocenters. The fourth-order valence-electron chi connectivity index (χ4n) is 9.27. The van der Waals surface area contributed by atoms with Gasteiger partial charge >= 0.3 is 17.9 Å². The smallest absolute Gasteiger partial charge is 0.306 e. The van der Waals surface area contributed by atoms with E-state index in [0.29, 0.717) is 19.3 Å². The van der Waals surface area contributed by atoms with Gasteiger partial charge in [-0.25, -0.2) is 0 Å². The fourth-order valence-corrected chi connectivity index (χ4v) is 9.27. The van der Waals surface area contributed by atoms with Crippen LogP contribution < -0.4 is 0 Å². The highest BCUT2D eigenvalue weighted by molar-refractivity contribution is 5.71. The fraction of sp³-hybridized carbons (Fsp3) is 0.757. The summed E-state index contributed by atoms with van der Waals surface area (Å²) >= 11 is 0. The maximum absolute atomic E-state index is 12.9. The lowest BCUT2D eigenvalue weighted by Crippen LogP contribution is -2.30. The minimum atomic E-state index is -0.785. The first-order valence-electron chi connectivity index (χ1n) is 32.6. The lowest BCUT2D eigenvalue weighted by Gasteiger charge is -2.18. The zero-order valence-corrected chi connectivity index (χ0v) is 50.3. The predicted molar refractivity (Wildman–Crippen MR) is 330 cm³/mol. The monoisotopic (exact) mass is 1060 g/mol. The van der Waals surface area contributed by atoms with Crippen LogP contribution >= 0.6 is 0 Å². The number of ether oxygens (including phenoxy) is 3. The number of esters is 3. The molecule has 0 aliphatic carbocycles. The normalized spacial score (nSPS) is 12.6. The van der Waals surface area contributed by atoms with Crippen molar-refractivity contribution in [2.24, 2.45) is 0 Å². The zero-order valence-electron chi connectivity index (χ0n) is 50.3. The first-order chi connectivity index (χ1) is 37.5. The molecule has 438 valence electrons. The second kappa shape index (κ2) is 64.1. The molecule has 6 heteroatoms. The zero-order chi connectivity index (χ0) is 55.0. The predicted octanol–water partition coefficient (Wildman–Crippen LogP) is 22.3. The third-order valence-electron chi connectivity index (χ3n) is 14.1. The van der Waals surface area contributed by atoms with Gasteiger partial charge < -0.3 is 14.2 Å². The standard InChI is InChI=1S/C70H122O6/c1-4-7-10-13-16-19-22-25-28-30-32-33-34-35-36-37-38-40-42-45-48-51-54-57-60-63-69(72)75-66-67(65-74-68(71)62-59-56-53-50-47-44-41-27-24-21-18-15-12-9-6-3)76-70(73)64-61-58-55-52-49-46-43-39-31-29-26-23-20-17-14-11-8-5-2/h7,10,16,19,25,28-29,31-33,35-36,38,40,67H,4-6,8-9,11-15,17-18,20-24,26-27,30,34,37,39,41-66H2,1-3H3/b10-7-,19-16-,28-25-,31-29-,33-32-,36-35-,40-38-. The Morgan fingerprint density at radius 2 is 0.513 bits per heavy atom. The lowest BCUT2D eigenvalue weighted by atomic mass is 10.0. The topological polar surface area (TPSA) is 78.9 Å². The van der Waals surface area contributed by atoms with Crippen molar-refractivity contribution < 1.29 is 28.6 Å². The van der Waals surface area contributed by atoms with Crippen molar-refractivity contribution in [3.8, 4) is 0 Å². The van der Waals surface area contributed by atoms with Gasteiger partial charge in [-0.15, -0.1) is 0 Å². The Hall–Kier alpha value is -3.41. The highest BCUT2D eigenvalue weighted by Gasteiger charge is 2.19. The second-order valence-corrected chi connectivity index (χ2v) is 21.6. The van der Waals surface area contributed by atoms with Gasteiger partial charge in [-0.2, -0.15) is 0 Å². The van der Waals surface area contributed by atoms with Gasteiger partial charge in [-0.05, 0) is 96.3 Å². The quantitative estimate of drug-likeness (QED) is 0.0261. The molecule has 0 aliphatic heterocycles. The Morgan fingerprint density at radius 3 is 0.816 bits per heavy atom. The Morgan fingerprint density at radius 1 is 0.276 bits per heavy atom. The van der Waals surface area contributed by atoms with Crippen molar-refractivity contribution in [3.63, 3.8) is 0 Å². The van der Waals surface area contributed by atoms with Crippen molar-refractivity contribution in [1.29, 1.82) is 0 Å². The molecule has 76 heavy (non-hydrogen) atoms. The van der Waals surface area contributed by atoms with E-state index >= 15 is 0 Å². The van der Waals surface area contributed by atoms with Crippen LogP contribution in [0.1, 0.15) is 323 Å². The SMILES string of the molecule is CC/C=C\C/C=C\C/C=C\C/C=C\C/C=C\C/C=C\CCCCCCCCC(=O)OCC(COC(=O)CCCCCCCCCCCCCCCCC)OC(=O)CCCCCCCCC/C=C\CCCCCCCCC. The van der Waals surface area contributed by atoms with E-state index in [1.54, 1.807) is 0 Å². The summed E-state index contributed by atoms with van der Waals surface area (Å²) in [5, 5.41) is 0. The molecule has 0 rings (SSSR count). The van der Waals surface area contributed by atoms with Gasteiger partial charge in [0.15, 0.2) is 6.10 Å². The summed E-state index contributed by atoms with van der Waals surface area (Å²) in [6.07, 6.45) is 84.4. The first-order valence-corrected chi connectivity index (χ1v) is 32.6. The van der Waals surface area contributed by atoms with Gasteiger partial charge in [0.1, 0.15) is 13.2 Å². The van der Waals surface area contributed by atoms with E-state index in [9.17, 15) is 14.4 Å². The van der Waals surface area contributed by atoms with Gasteiger partial charge in [0.25, 0.3) is 0 Å². The van der Waals surface area contributed by atoms with Crippen LogP contribution in [-0.4, -0.2) is 37.2 Å². The Bertz CT molecular complexity index is 1450. The van der Waals surface area contributed by atoms with E-state index in [-0.39, 0.29) is 31.1 Å². The number of hydrogen-bond acceptors (Lipinski definition) is 6. The highest BCUT2D eigenvalue weighted by Crippen LogP contribution is 2.16. The summed E-state index contributed by atoms with van der Waals surface area (Å²) in [6, 6.07) is 0. The number of unbranched alkanes of at least 4 members (excludes halogenated alkanes) is 34. The molecule has 0 fully saturated rings. The molecular formula is C70H122O6. The van der Waals surface area contributed by atoms with Crippen molar-refractivity contribution in [1.82, 2.24) is 0 Å². The molecule has 0 bridgehead atoms. The third-order valence-corrected chi connectivity index (χ3v) is 14.1. The van der Waals surface area contributed by atoms with Gasteiger partial charge in [0.2, 0.25) is 0 Å². The summed E-state index contributed by atoms with van der Waals surface area (Å²) in [6.45, 7) is 6.55. The maximum Gasteiger partial charge on any atom is 0.306 e. The minimum absolute atomic E-state index is 0.0799. The Kier molecular flexibility index (Phi) is 61.2. The van der Waals surface area contributed by atoms with Crippen molar-refractivity contribution in [2.75, 3.05) is 13.2 Å². The minimum Gasteiger partial charge on any atom is -0.462 e. The summed E-state index contributed by atoms with van der Waals surface area (Å²) in [5.74, 6) is -0.884. The van der Waals surface area contributed by atoms with E-state index in [4.69, 9.17) is 14.2 Å². The van der Waals surface area contributed by atoms with E-state index in [0.717, 1.165) is 109 Å². The van der Waals surface area contributed by atoms with Gasteiger partial charge in [-0.3, -0.25) is 14.4 Å². The molecule has 0 saturated carbocycles. The molecule has 0 N–H and O–H groups in total. The average molecular weight is 1060 g/mol. The molecule has 0 aromatic carbocycles. The number of rotatable bonds is 59. The van der Waals surface area contributed by atoms with E-state index in [1.165, 1.54) is 173 Å². The summed E-state index contributed by atoms with van der Waals surface area (Å²) in [7, 11) is 0. The summed E-state index contributed by atoms with van der Waals surface area (Å²) < 4.78 is 16.9. The summed E-state index contributed by atoms with van der Waals surface area (Å²) in [4.78, 5) is 38.3. The number of allylic oxidation sites excluding steroid dienone is 14. The van der Waals surface area contributed by atoms with E-state index in [1.807, 2.05) is 0 Å². The molecule has 0 saturated heterocycles. The van der Waals surface area contributed by atoms with Crippen LogP contribution in [0.4, 0.5) is 0 Å². The third kappa shape index (κ3) is 61.4. The van der Waals surface area contributed by atoms with Gasteiger partial charge in [0, 0.05) is 19.3 Å². The van der Waals surface area contributed by atoms with Gasteiger partial charge in [-0.1, -0.05) is 292 Å². The molecule has 0 amide bonds. The van der Waals surface area contributed by atoms with Crippen LogP contribution in [-0.2, 0) is 28.6 Å². The molecule has 1 atom stereocenters. The number of carbonyl (C=O) groups is 3. The van der Waals surface area contributed by atoms with Crippen LogP contribution in [0.3, 0.4) is 0 Å². The van der Waals surface area contributed by atoms with Crippen molar-refractivity contribution in [3.05, 3.63) is 85.1 Å². The van der Waals surface area contributed by atoms with Crippen LogP contribution in [0.2, 0.25) is 0 Å². The maximum atomic E-state index is 12.9. The van der Waals surface area contributed by atoms with Crippen molar-refractivity contribution >= 4 is 17.9 Å². The second-order valence-electron chi connectivity index (χ2n) is 21.6. The summed E-state index contributed by atoms with van der Waals surface area (Å²) in [5.41, 5.74) is 0. The van der Waals surface area contributed by atoms with Crippen LogP contribution in [0.5, 0.6) is 0 Å². The average Bonchev–Trinajstić information content (AvgIpc) is 3.42. The van der Waals surface area contributed by atoms with Crippen LogP contribution in [0, 0.1) is 0 Å². The van der Waals surface area contributed by atoms with E-state index in [2.05, 4.69) is 106 Å². The lowest BCUT2D eigenvalue weighted by molar-refractivity contribution is -0.167. The van der Waals surface area contributed by atoms with Crippen molar-refractivity contribution in [2.45, 2.75) is 329 Å². The molecule has 6 nitrogen and oxygen atoms in total. The Balaban J connectivity index is 4.38. The molecule has 0 aromatic heterocycles. The molecular weight excluding hydrogens is 937 g/mol. The van der Waals surface area contributed by atoms with E-state index < -0.39 is 6.10 Å². The molecule has 0 aliphatic rings. The van der Waals surface area contributed by atoms with Crippen LogP contribution in [0.25, 0.3) is 0 Å².